The van der Waals surface area contributed by atoms with Gasteiger partial charge in [-0.05, 0) is 72.1 Å². The molecule has 1 atom stereocenters. The highest BCUT2D eigenvalue weighted by Gasteiger charge is 2.35. The highest BCUT2D eigenvalue weighted by Crippen LogP contribution is 2.45. The van der Waals surface area contributed by atoms with Crippen LogP contribution >= 0.6 is 23.6 Å². The molecule has 0 saturated heterocycles. The van der Waals surface area contributed by atoms with Crippen LogP contribution in [-0.4, -0.2) is 23.6 Å². The van der Waals surface area contributed by atoms with Gasteiger partial charge in [-0.15, -0.1) is 11.3 Å². The van der Waals surface area contributed by atoms with Crippen molar-refractivity contribution in [1.82, 2.24) is 5.32 Å². The maximum Gasteiger partial charge on any atom is 0.341 e. The molecule has 1 aliphatic carbocycles. The summed E-state index contributed by atoms with van der Waals surface area (Å²) in [6.45, 7) is 8.98. The van der Waals surface area contributed by atoms with Crippen molar-refractivity contribution in [3.63, 3.8) is 0 Å². The molecule has 0 saturated carbocycles. The van der Waals surface area contributed by atoms with Gasteiger partial charge < -0.3 is 10.1 Å². The summed E-state index contributed by atoms with van der Waals surface area (Å²) in [6, 6.07) is 13.3. The third-order valence-electron chi connectivity index (χ3n) is 7.25. The second-order valence-electron chi connectivity index (χ2n) is 9.65. The number of nitrogens with one attached hydrogen (secondary N) is 2. The van der Waals surface area contributed by atoms with E-state index in [2.05, 4.69) is 31.4 Å². The predicted octanol–water partition coefficient (Wildman–Crippen LogP) is 6.75. The number of hydrogen-bond donors (Lipinski definition) is 2. The number of fused-ring (bicyclic) bond motifs is 2. The SMILES string of the molecule is CCOC(=O)c1c(NC(=S)NC(=O)c2cccc3ccccc23)sc2c1CC[C@H](C(C)(C)CC)C2. The molecular weight excluding hydrogens is 476 g/mol. The van der Waals surface area contributed by atoms with Crippen molar-refractivity contribution in [1.29, 1.82) is 0 Å². The smallest absolute Gasteiger partial charge is 0.341 e. The Hall–Kier alpha value is -2.77. The van der Waals surface area contributed by atoms with E-state index in [1.807, 2.05) is 36.4 Å². The van der Waals surface area contributed by atoms with Crippen molar-refractivity contribution in [3.8, 4) is 0 Å². The maximum atomic E-state index is 13.0. The normalized spacial score (nSPS) is 15.4. The lowest BCUT2D eigenvalue weighted by molar-refractivity contribution is 0.0526. The van der Waals surface area contributed by atoms with Gasteiger partial charge in [0, 0.05) is 10.4 Å². The summed E-state index contributed by atoms with van der Waals surface area (Å²) < 4.78 is 5.39. The molecule has 1 aliphatic rings. The second-order valence-corrected chi connectivity index (χ2v) is 11.2. The lowest BCUT2D eigenvalue weighted by Crippen LogP contribution is -2.34. The molecule has 1 aromatic heterocycles. The van der Waals surface area contributed by atoms with Crippen LogP contribution < -0.4 is 10.6 Å². The summed E-state index contributed by atoms with van der Waals surface area (Å²) in [6.07, 6.45) is 3.92. The van der Waals surface area contributed by atoms with Crippen molar-refractivity contribution in [2.75, 3.05) is 11.9 Å². The molecule has 2 aromatic carbocycles. The van der Waals surface area contributed by atoms with Crippen molar-refractivity contribution in [3.05, 3.63) is 64.0 Å². The van der Waals surface area contributed by atoms with Crippen LogP contribution in [0.1, 0.15) is 71.7 Å². The van der Waals surface area contributed by atoms with E-state index in [1.54, 1.807) is 24.3 Å². The number of anilines is 1. The molecule has 0 fully saturated rings. The van der Waals surface area contributed by atoms with Gasteiger partial charge in [-0.2, -0.15) is 0 Å². The van der Waals surface area contributed by atoms with Gasteiger partial charge in [0.05, 0.1) is 12.2 Å². The number of esters is 1. The minimum Gasteiger partial charge on any atom is -0.462 e. The van der Waals surface area contributed by atoms with Crippen molar-refractivity contribution in [2.45, 2.75) is 53.4 Å². The van der Waals surface area contributed by atoms with Gasteiger partial charge in [0.1, 0.15) is 5.00 Å². The average Bonchev–Trinajstić information content (AvgIpc) is 3.20. The molecule has 0 bridgehead atoms. The number of thiophene rings is 1. The first kappa shape index (κ1) is 25.3. The van der Waals surface area contributed by atoms with E-state index in [0.717, 1.165) is 42.0 Å². The van der Waals surface area contributed by atoms with E-state index in [0.29, 0.717) is 28.7 Å². The highest BCUT2D eigenvalue weighted by molar-refractivity contribution is 7.80. The molecule has 184 valence electrons. The number of thiocarbonyl (C=S) groups is 1. The molecule has 3 aromatic rings. The van der Waals surface area contributed by atoms with E-state index < -0.39 is 0 Å². The molecule has 1 amide bonds. The summed E-state index contributed by atoms with van der Waals surface area (Å²) in [5.74, 6) is -0.0773. The fourth-order valence-electron chi connectivity index (χ4n) is 4.78. The lowest BCUT2D eigenvalue weighted by Gasteiger charge is -2.36. The number of amides is 1. The van der Waals surface area contributed by atoms with Gasteiger partial charge in [0.25, 0.3) is 5.91 Å². The molecule has 0 spiro atoms. The monoisotopic (exact) mass is 508 g/mol. The second kappa shape index (κ2) is 10.5. The minimum atomic E-state index is -0.344. The zero-order valence-electron chi connectivity index (χ0n) is 20.7. The number of ether oxygens (including phenoxy) is 1. The lowest BCUT2D eigenvalue weighted by atomic mass is 9.69. The summed E-state index contributed by atoms with van der Waals surface area (Å²) in [5, 5.41) is 8.59. The molecule has 4 rings (SSSR count). The highest BCUT2D eigenvalue weighted by atomic mass is 32.1. The van der Waals surface area contributed by atoms with Crippen LogP contribution in [0.5, 0.6) is 0 Å². The van der Waals surface area contributed by atoms with Crippen LogP contribution in [0, 0.1) is 11.3 Å². The van der Waals surface area contributed by atoms with E-state index in [4.69, 9.17) is 17.0 Å². The van der Waals surface area contributed by atoms with E-state index in [9.17, 15) is 9.59 Å². The Morgan fingerprint density at radius 2 is 1.89 bits per heavy atom. The molecule has 5 nitrogen and oxygen atoms in total. The molecule has 7 heteroatoms. The van der Waals surface area contributed by atoms with Crippen molar-refractivity contribution in [2.24, 2.45) is 11.3 Å². The molecule has 1 heterocycles. The van der Waals surface area contributed by atoms with Gasteiger partial charge in [-0.25, -0.2) is 4.79 Å². The van der Waals surface area contributed by atoms with Crippen LogP contribution in [0.2, 0.25) is 0 Å². The van der Waals surface area contributed by atoms with Crippen LogP contribution in [0.25, 0.3) is 10.8 Å². The predicted molar refractivity (Wildman–Crippen MR) is 147 cm³/mol. The fourth-order valence-corrected chi connectivity index (χ4v) is 6.36. The third kappa shape index (κ3) is 5.26. The van der Waals surface area contributed by atoms with Gasteiger partial charge >= 0.3 is 5.97 Å². The number of benzene rings is 2. The molecule has 35 heavy (non-hydrogen) atoms. The van der Waals surface area contributed by atoms with E-state index >= 15 is 0 Å². The van der Waals surface area contributed by atoms with Gasteiger partial charge in [-0.3, -0.25) is 10.1 Å². The van der Waals surface area contributed by atoms with Crippen molar-refractivity contribution >= 4 is 56.3 Å². The molecule has 0 unspecified atom stereocenters. The Kier molecular flexibility index (Phi) is 7.57. The summed E-state index contributed by atoms with van der Waals surface area (Å²) >= 11 is 7.05. The summed E-state index contributed by atoms with van der Waals surface area (Å²) in [7, 11) is 0. The van der Waals surface area contributed by atoms with Crippen LogP contribution in [0.3, 0.4) is 0 Å². The summed E-state index contributed by atoms with van der Waals surface area (Å²) in [5.41, 5.74) is 2.40. The molecule has 0 aliphatic heterocycles. The molecular formula is C28H32N2O3S2. The Balaban J connectivity index is 1.58. The largest absolute Gasteiger partial charge is 0.462 e. The van der Waals surface area contributed by atoms with Crippen LogP contribution in [0.15, 0.2) is 42.5 Å². The van der Waals surface area contributed by atoms with Crippen molar-refractivity contribution < 1.29 is 14.3 Å². The first-order valence-corrected chi connectivity index (χ1v) is 13.4. The van der Waals surface area contributed by atoms with Gasteiger partial charge in [0.15, 0.2) is 5.11 Å². The number of rotatable bonds is 6. The Morgan fingerprint density at radius 3 is 2.63 bits per heavy atom. The zero-order chi connectivity index (χ0) is 25.2. The van der Waals surface area contributed by atoms with E-state index in [1.165, 1.54) is 4.88 Å². The minimum absolute atomic E-state index is 0.164. The zero-order valence-corrected chi connectivity index (χ0v) is 22.3. The first-order valence-electron chi connectivity index (χ1n) is 12.2. The third-order valence-corrected chi connectivity index (χ3v) is 8.62. The van der Waals surface area contributed by atoms with Gasteiger partial charge in [-0.1, -0.05) is 63.6 Å². The Bertz CT molecular complexity index is 1270. The first-order chi connectivity index (χ1) is 16.7. The number of carbonyl (C=O) groups excluding carboxylic acids is 2. The molecule has 2 N–H and O–H groups in total. The fraction of sp³-hybridized carbons (Fsp3) is 0.393. The Labute approximate surface area is 216 Å². The van der Waals surface area contributed by atoms with Gasteiger partial charge in [0.2, 0.25) is 0 Å². The standard InChI is InChI=1S/C28H32N2O3S2/c1-5-28(3,4)18-14-15-21-22(16-18)35-25(23(21)26(32)33-6-2)30-27(34)29-24(31)20-13-9-11-17-10-7-8-12-19(17)20/h7-13,18H,5-6,14-16H2,1-4H3,(H2,29,30,31,34)/t18-/m0/s1. The van der Waals surface area contributed by atoms with Crippen LogP contribution in [-0.2, 0) is 17.6 Å². The van der Waals surface area contributed by atoms with Crippen LogP contribution in [0.4, 0.5) is 5.00 Å². The average molecular weight is 509 g/mol. The Morgan fingerprint density at radius 1 is 1.14 bits per heavy atom. The van der Waals surface area contributed by atoms with E-state index in [-0.39, 0.29) is 22.4 Å². The number of hydrogen-bond acceptors (Lipinski definition) is 5. The molecule has 0 radical (unpaired) electrons. The quantitative estimate of drug-likeness (QED) is 0.285. The topological polar surface area (TPSA) is 67.4 Å². The summed E-state index contributed by atoms with van der Waals surface area (Å²) in [4.78, 5) is 27.2. The number of carbonyl (C=O) groups is 2. The maximum absolute atomic E-state index is 13.0.